The SMILES string of the molecule is CC(=O)N(OCc1c[nH]nn1)C(C)=O. The third-order valence-corrected chi connectivity index (χ3v) is 1.38. The molecule has 76 valence electrons. The summed E-state index contributed by atoms with van der Waals surface area (Å²) in [6.45, 7) is 2.50. The molecule has 1 N–H and O–H groups in total. The van der Waals surface area contributed by atoms with Gasteiger partial charge in [-0.1, -0.05) is 5.21 Å². The van der Waals surface area contributed by atoms with Crippen molar-refractivity contribution in [3.8, 4) is 0 Å². The Morgan fingerprint density at radius 2 is 2.14 bits per heavy atom. The summed E-state index contributed by atoms with van der Waals surface area (Å²) in [6, 6.07) is 0. The van der Waals surface area contributed by atoms with Crippen LogP contribution in [-0.2, 0) is 21.0 Å². The van der Waals surface area contributed by atoms with E-state index in [2.05, 4.69) is 15.4 Å². The zero-order chi connectivity index (χ0) is 10.6. The van der Waals surface area contributed by atoms with Crippen LogP contribution in [0.1, 0.15) is 19.5 Å². The van der Waals surface area contributed by atoms with Crippen LogP contribution in [0.5, 0.6) is 0 Å². The zero-order valence-corrected chi connectivity index (χ0v) is 7.85. The number of H-pyrrole nitrogens is 1. The third-order valence-electron chi connectivity index (χ3n) is 1.38. The number of imide groups is 1. The second-order valence-electron chi connectivity index (χ2n) is 2.57. The number of aromatic nitrogens is 3. The second kappa shape index (κ2) is 4.47. The molecule has 0 fully saturated rings. The minimum atomic E-state index is -0.471. The van der Waals surface area contributed by atoms with Crippen molar-refractivity contribution in [1.82, 2.24) is 20.5 Å². The Bertz CT molecular complexity index is 308. The monoisotopic (exact) mass is 198 g/mol. The fourth-order valence-corrected chi connectivity index (χ4v) is 0.830. The number of nitrogens with one attached hydrogen (secondary N) is 1. The van der Waals surface area contributed by atoms with E-state index in [-0.39, 0.29) is 6.61 Å². The van der Waals surface area contributed by atoms with Crippen molar-refractivity contribution in [2.24, 2.45) is 0 Å². The standard InChI is InChI=1S/C7H10N4O3/c1-5(12)11(6(2)13)14-4-7-3-8-10-9-7/h3H,4H2,1-2H3,(H,8,9,10). The van der Waals surface area contributed by atoms with E-state index in [0.717, 1.165) is 0 Å². The Kier molecular flexibility index (Phi) is 3.29. The lowest BCUT2D eigenvalue weighted by atomic mass is 10.5. The van der Waals surface area contributed by atoms with Crippen LogP contribution in [0, 0.1) is 0 Å². The van der Waals surface area contributed by atoms with Crippen molar-refractivity contribution in [1.29, 1.82) is 0 Å². The molecule has 1 aromatic heterocycles. The molecular weight excluding hydrogens is 188 g/mol. The molecule has 0 saturated heterocycles. The number of carbonyl (C=O) groups excluding carboxylic acids is 2. The number of amides is 2. The summed E-state index contributed by atoms with van der Waals surface area (Å²) < 4.78 is 0. The highest BCUT2D eigenvalue weighted by Crippen LogP contribution is 1.98. The summed E-state index contributed by atoms with van der Waals surface area (Å²) in [6.07, 6.45) is 1.51. The van der Waals surface area contributed by atoms with Gasteiger partial charge in [-0.25, -0.2) is 0 Å². The van der Waals surface area contributed by atoms with Crippen LogP contribution in [0.4, 0.5) is 0 Å². The molecule has 0 spiro atoms. The van der Waals surface area contributed by atoms with Gasteiger partial charge in [0.2, 0.25) is 11.8 Å². The molecule has 0 aliphatic carbocycles. The molecule has 0 atom stereocenters. The molecule has 1 aromatic rings. The molecule has 0 aliphatic heterocycles. The first-order chi connectivity index (χ1) is 6.61. The normalized spacial score (nSPS) is 9.86. The van der Waals surface area contributed by atoms with E-state index in [1.165, 1.54) is 20.0 Å². The van der Waals surface area contributed by atoms with Crippen LogP contribution in [-0.4, -0.2) is 32.3 Å². The summed E-state index contributed by atoms with van der Waals surface area (Å²) in [5.41, 5.74) is 0.512. The summed E-state index contributed by atoms with van der Waals surface area (Å²) in [4.78, 5) is 26.7. The van der Waals surface area contributed by atoms with Gasteiger partial charge in [0, 0.05) is 20.0 Å². The Labute approximate surface area is 80.0 Å². The number of hydrogen-bond donors (Lipinski definition) is 1. The molecular formula is C7H10N4O3. The van der Waals surface area contributed by atoms with Crippen molar-refractivity contribution < 1.29 is 14.4 Å². The molecule has 14 heavy (non-hydrogen) atoms. The minimum absolute atomic E-state index is 0.0235. The van der Waals surface area contributed by atoms with E-state index in [9.17, 15) is 9.59 Å². The quantitative estimate of drug-likeness (QED) is 0.669. The van der Waals surface area contributed by atoms with E-state index >= 15 is 0 Å². The van der Waals surface area contributed by atoms with Gasteiger partial charge in [-0.15, -0.1) is 5.10 Å². The molecule has 0 bridgehead atoms. The van der Waals surface area contributed by atoms with Gasteiger partial charge in [-0.3, -0.25) is 19.5 Å². The van der Waals surface area contributed by atoms with Crippen LogP contribution in [0.3, 0.4) is 0 Å². The molecule has 7 heteroatoms. The summed E-state index contributed by atoms with van der Waals surface area (Å²) in [7, 11) is 0. The maximum atomic E-state index is 10.9. The van der Waals surface area contributed by atoms with Crippen LogP contribution >= 0.6 is 0 Å². The van der Waals surface area contributed by atoms with Crippen LogP contribution in [0.15, 0.2) is 6.20 Å². The second-order valence-corrected chi connectivity index (χ2v) is 2.57. The Balaban J connectivity index is 2.49. The van der Waals surface area contributed by atoms with Crippen molar-refractivity contribution in [2.75, 3.05) is 0 Å². The van der Waals surface area contributed by atoms with Crippen molar-refractivity contribution in [3.05, 3.63) is 11.9 Å². The van der Waals surface area contributed by atoms with Gasteiger partial charge in [0.05, 0.1) is 0 Å². The highest BCUT2D eigenvalue weighted by molar-refractivity contribution is 5.91. The number of nitrogens with zero attached hydrogens (tertiary/aromatic N) is 3. The zero-order valence-electron chi connectivity index (χ0n) is 7.85. The summed E-state index contributed by atoms with van der Waals surface area (Å²) in [5, 5.41) is 10.2. The average molecular weight is 198 g/mol. The summed E-state index contributed by atoms with van der Waals surface area (Å²) in [5.74, 6) is -0.943. The van der Waals surface area contributed by atoms with E-state index in [4.69, 9.17) is 4.84 Å². The van der Waals surface area contributed by atoms with Crippen LogP contribution in [0.2, 0.25) is 0 Å². The van der Waals surface area contributed by atoms with Gasteiger partial charge in [0.15, 0.2) is 0 Å². The largest absolute Gasteiger partial charge is 0.272 e. The average Bonchev–Trinajstić information content (AvgIpc) is 2.55. The molecule has 0 aromatic carbocycles. The number of hydroxylamine groups is 2. The van der Waals surface area contributed by atoms with E-state index in [1.807, 2.05) is 0 Å². The van der Waals surface area contributed by atoms with Crippen LogP contribution < -0.4 is 0 Å². The highest BCUT2D eigenvalue weighted by atomic mass is 16.7. The topological polar surface area (TPSA) is 88.2 Å². The predicted octanol–water partition coefficient (Wildman–Crippen LogP) is -0.369. The molecule has 0 unspecified atom stereocenters. The number of rotatable bonds is 3. The fraction of sp³-hybridized carbons (Fsp3) is 0.429. The van der Waals surface area contributed by atoms with Crippen molar-refractivity contribution >= 4 is 11.8 Å². The lowest BCUT2D eigenvalue weighted by Gasteiger charge is -2.14. The van der Waals surface area contributed by atoms with Gasteiger partial charge >= 0.3 is 0 Å². The first-order valence-electron chi connectivity index (χ1n) is 3.90. The lowest BCUT2D eigenvalue weighted by Crippen LogP contribution is -2.33. The van der Waals surface area contributed by atoms with Gasteiger partial charge in [-0.2, -0.15) is 5.06 Å². The lowest BCUT2D eigenvalue weighted by molar-refractivity contribution is -0.196. The smallest absolute Gasteiger partial charge is 0.250 e. The van der Waals surface area contributed by atoms with Gasteiger partial charge in [0.25, 0.3) is 0 Å². The van der Waals surface area contributed by atoms with Gasteiger partial charge in [-0.05, 0) is 0 Å². The Morgan fingerprint density at radius 3 is 2.57 bits per heavy atom. The summed E-state index contributed by atoms with van der Waals surface area (Å²) >= 11 is 0. The molecule has 2 amide bonds. The maximum absolute atomic E-state index is 10.9. The number of hydrogen-bond acceptors (Lipinski definition) is 5. The molecule has 0 aliphatic rings. The first kappa shape index (κ1) is 10.3. The third kappa shape index (κ3) is 2.63. The van der Waals surface area contributed by atoms with Crippen LogP contribution in [0.25, 0.3) is 0 Å². The first-order valence-corrected chi connectivity index (χ1v) is 3.90. The Hall–Kier alpha value is -1.76. The van der Waals surface area contributed by atoms with Crippen molar-refractivity contribution in [2.45, 2.75) is 20.5 Å². The number of aromatic amines is 1. The fourth-order valence-electron chi connectivity index (χ4n) is 0.830. The number of carbonyl (C=O) groups is 2. The Morgan fingerprint density at radius 1 is 1.50 bits per heavy atom. The predicted molar refractivity (Wildman–Crippen MR) is 44.4 cm³/mol. The van der Waals surface area contributed by atoms with Gasteiger partial charge < -0.3 is 0 Å². The van der Waals surface area contributed by atoms with E-state index < -0.39 is 11.8 Å². The molecule has 1 heterocycles. The van der Waals surface area contributed by atoms with E-state index in [1.54, 1.807) is 0 Å². The van der Waals surface area contributed by atoms with E-state index in [0.29, 0.717) is 10.8 Å². The molecule has 0 radical (unpaired) electrons. The molecule has 0 saturated carbocycles. The highest BCUT2D eigenvalue weighted by Gasteiger charge is 2.14. The van der Waals surface area contributed by atoms with Gasteiger partial charge in [0.1, 0.15) is 12.3 Å². The van der Waals surface area contributed by atoms with Crippen molar-refractivity contribution in [3.63, 3.8) is 0 Å². The minimum Gasteiger partial charge on any atom is -0.272 e. The molecule has 7 nitrogen and oxygen atoms in total. The maximum Gasteiger partial charge on any atom is 0.250 e. The molecule has 1 rings (SSSR count).